The molecule has 0 saturated carbocycles. The van der Waals surface area contributed by atoms with Crippen molar-refractivity contribution in [3.8, 4) is 67.3 Å². The third-order valence-electron chi connectivity index (χ3n) is 9.94. The summed E-state index contributed by atoms with van der Waals surface area (Å²) in [6.45, 7) is 7.20. The van der Waals surface area contributed by atoms with Gasteiger partial charge in [-0.05, 0) is 129 Å². The number of hydrogen-bond donors (Lipinski definition) is 0. The van der Waals surface area contributed by atoms with Crippen LogP contribution in [0.2, 0.25) is 0 Å². The Bertz CT molecular complexity index is 6040. The summed E-state index contributed by atoms with van der Waals surface area (Å²) in [5.74, 6) is -0.420. The molecule has 13 rings (SSSR count). The molecule has 0 fully saturated rings. The van der Waals surface area contributed by atoms with E-state index in [-0.39, 0.29) is 156 Å². The number of rotatable bonds is 6. The van der Waals surface area contributed by atoms with Crippen LogP contribution in [0.15, 0.2) is 302 Å². The van der Waals surface area contributed by atoms with Crippen LogP contribution in [0.5, 0.6) is 0 Å². The van der Waals surface area contributed by atoms with Crippen molar-refractivity contribution in [2.75, 3.05) is 0 Å². The molecule has 0 amide bonds. The largest absolute Gasteiger partial charge is 0.213 e. The highest BCUT2D eigenvalue weighted by molar-refractivity contribution is 5.85. The Morgan fingerprint density at radius 2 is 0.658 bits per heavy atom. The van der Waals surface area contributed by atoms with Gasteiger partial charge in [0.25, 0.3) is 0 Å². The Kier molecular flexibility index (Phi) is 6.87. The lowest BCUT2D eigenvalue weighted by atomic mass is 9.95. The van der Waals surface area contributed by atoms with Gasteiger partial charge in [0.15, 0.2) is 11.6 Å². The second-order valence-electron chi connectivity index (χ2n) is 15.5. The second kappa shape index (κ2) is 27.3. The molecule has 12 aromatic carbocycles. The third kappa shape index (κ3) is 15.2. The van der Waals surface area contributed by atoms with Crippen molar-refractivity contribution in [1.82, 2.24) is 15.0 Å². The minimum atomic E-state index is -0.684. The van der Waals surface area contributed by atoms with Gasteiger partial charge in [-0.25, -0.2) is 15.0 Å². The fraction of sp³-hybridized carbons (Fsp3) is 0.0658. The van der Waals surface area contributed by atoms with E-state index in [2.05, 4.69) is 15.0 Å². The lowest BCUT2D eigenvalue weighted by molar-refractivity contribution is 0.992. The zero-order valence-corrected chi connectivity index (χ0v) is 41.8. The molecule has 3 nitrogen and oxygen atoms in total. The van der Waals surface area contributed by atoms with Gasteiger partial charge in [0, 0.05) is 11.1 Å². The smallest absolute Gasteiger partial charge is 0.163 e. The summed E-state index contributed by atoms with van der Waals surface area (Å²) in [5.41, 5.74) is -3.14. The van der Waals surface area contributed by atoms with Crippen molar-refractivity contribution in [3.63, 3.8) is 0 Å². The Hall–Kier alpha value is -9.83. The van der Waals surface area contributed by atoms with Gasteiger partial charge < -0.3 is 0 Å². The molecular formula is C76H65N3. The van der Waals surface area contributed by atoms with Crippen LogP contribution in [0.3, 0.4) is 0 Å². The van der Waals surface area contributed by atoms with Crippen LogP contribution in [0.1, 0.15) is 96.6 Å². The highest BCUT2D eigenvalue weighted by Crippen LogP contribution is 2.30. The Morgan fingerprint density at radius 1 is 0.241 bits per heavy atom. The maximum atomic E-state index is 8.70. The van der Waals surface area contributed by atoms with Crippen LogP contribution < -0.4 is 0 Å². The van der Waals surface area contributed by atoms with E-state index < -0.39 is 258 Å². The molecule has 1 aromatic heterocycles. The normalized spacial score (nSPS) is 19.2. The number of hydrogen-bond acceptors (Lipinski definition) is 3. The topological polar surface area (TPSA) is 38.7 Å². The minimum Gasteiger partial charge on any atom is -0.213 e. The Balaban J connectivity index is 0.000000185. The predicted octanol–water partition coefficient (Wildman–Crippen LogP) is 20.5. The number of nitrogens with zero attached hydrogens (tertiary/aromatic N) is 3. The molecule has 0 aliphatic heterocycles. The molecule has 384 valence electrons. The quantitative estimate of drug-likeness (QED) is 0.167. The van der Waals surface area contributed by atoms with Crippen molar-refractivity contribution < 1.29 is 68.5 Å². The van der Waals surface area contributed by atoms with Gasteiger partial charge in [-0.3, -0.25) is 0 Å². The lowest BCUT2D eigenvalue weighted by Crippen LogP contribution is -1.99. The Morgan fingerprint density at radius 3 is 1.18 bits per heavy atom. The molecule has 0 spiro atoms. The van der Waals surface area contributed by atoms with Crippen molar-refractivity contribution >= 4 is 21.5 Å². The summed E-state index contributed by atoms with van der Waals surface area (Å²) >= 11 is 0. The number of aryl methyl sites for hydroxylation is 2. The number of fused-ring (bicyclic) bond motifs is 2. The average Bonchev–Trinajstić information content (AvgIpc) is 0.718. The first-order chi connectivity index (χ1) is 59.5. The number of benzene rings is 12. The summed E-state index contributed by atoms with van der Waals surface area (Å²) < 4.78 is 397. The van der Waals surface area contributed by atoms with E-state index in [1.807, 2.05) is 0 Å². The molecule has 0 atom stereocenters. The third-order valence-corrected chi connectivity index (χ3v) is 9.94. The van der Waals surface area contributed by atoms with Crippen LogP contribution >= 0.6 is 0 Å². The van der Waals surface area contributed by atoms with Crippen molar-refractivity contribution in [2.45, 2.75) is 34.6 Å². The molecule has 0 bridgehead atoms. The van der Waals surface area contributed by atoms with Crippen LogP contribution in [-0.2, 0) is 0 Å². The first-order valence-electron chi connectivity index (χ1n) is 47.8. The monoisotopic (exact) mass is 1070 g/mol. The molecule has 0 unspecified atom stereocenters. The maximum Gasteiger partial charge on any atom is 0.163 e. The van der Waals surface area contributed by atoms with Gasteiger partial charge in [-0.1, -0.05) is 296 Å². The highest BCUT2D eigenvalue weighted by atomic mass is 15.0. The molecule has 0 aliphatic rings. The molecule has 13 aromatic rings. The average molecular weight is 1070 g/mol. The first kappa shape index (κ1) is 19.9. The van der Waals surface area contributed by atoms with E-state index in [1.54, 1.807) is 0 Å². The van der Waals surface area contributed by atoms with Crippen LogP contribution in [-0.4, -0.2) is 15.0 Å². The number of aromatic nitrogens is 3. The fourth-order valence-corrected chi connectivity index (χ4v) is 6.43. The van der Waals surface area contributed by atoms with Crippen LogP contribution in [0, 0.1) is 34.6 Å². The summed E-state index contributed by atoms with van der Waals surface area (Å²) in [4.78, 5) is 12.2. The van der Waals surface area contributed by atoms with Gasteiger partial charge in [0.2, 0.25) is 0 Å². The molecule has 79 heavy (non-hydrogen) atoms. The fourth-order valence-electron chi connectivity index (χ4n) is 6.43. The van der Waals surface area contributed by atoms with E-state index in [0.29, 0.717) is 5.56 Å². The van der Waals surface area contributed by atoms with Crippen molar-refractivity contribution in [3.05, 3.63) is 330 Å². The summed E-state index contributed by atoms with van der Waals surface area (Å²) in [7, 11) is 0. The van der Waals surface area contributed by atoms with Crippen LogP contribution in [0.25, 0.3) is 88.8 Å². The van der Waals surface area contributed by atoms with E-state index in [0.717, 1.165) is 0 Å². The van der Waals surface area contributed by atoms with Gasteiger partial charge >= 0.3 is 0 Å². The molecule has 0 aliphatic carbocycles. The van der Waals surface area contributed by atoms with E-state index in [1.165, 1.54) is 34.6 Å². The van der Waals surface area contributed by atoms with Gasteiger partial charge in [0.1, 0.15) is 5.82 Å². The summed E-state index contributed by atoms with van der Waals surface area (Å²) in [5, 5.41) is 0.132. The summed E-state index contributed by atoms with van der Waals surface area (Å²) in [6.07, 6.45) is 0. The van der Waals surface area contributed by atoms with E-state index in [9.17, 15) is 0 Å². The van der Waals surface area contributed by atoms with Crippen molar-refractivity contribution in [1.29, 1.82) is 0 Å². The zero-order chi connectivity index (χ0) is 98.1. The molecule has 0 N–H and O–H groups in total. The Labute approximate surface area is 537 Å². The maximum absolute atomic E-state index is 8.70. The minimum absolute atomic E-state index is 0.00496. The van der Waals surface area contributed by atoms with Gasteiger partial charge in [0.05, 0.1) is 68.5 Å². The summed E-state index contributed by atoms with van der Waals surface area (Å²) in [6, 6.07) is -26.0. The molecule has 3 heteroatoms. The van der Waals surface area contributed by atoms with Crippen molar-refractivity contribution in [2.24, 2.45) is 0 Å². The molecule has 1 heterocycles. The van der Waals surface area contributed by atoms with E-state index in [4.69, 9.17) is 68.5 Å². The second-order valence-corrected chi connectivity index (χ2v) is 15.5. The first-order valence-corrected chi connectivity index (χ1v) is 22.8. The molecule has 0 saturated heterocycles. The zero-order valence-electron chi connectivity index (χ0n) is 91.8. The van der Waals surface area contributed by atoms with E-state index >= 15 is 0 Å². The highest BCUT2D eigenvalue weighted by Gasteiger charge is 2.09. The SMILES string of the molecule is [2H]c1c([2H])c([2H])c(-c2c([2H])c(C)c([2H])c(-c3c([2H])c([2H])c([2H])c([2H])c3[2H])c2[2H])c([2H])c1[2H].[2H]c1c([2H])c([2H])c(-c2c([2H])c([2H])c(C)c(-c3c([2H])c([2H])c([2H])c([2H])c3[2H])c2[2H])c([2H])c1[2H].[2H]c1c([2H])c([2H])c(-c2nc(C)nc(-c3c([2H])c([2H])c([2H])c([2H])c3[2H])n2)c([2H])c1[2H].[2H]c1c([2H])c([2H])c2c(C)c([2H])c([2H])c([2H])c2c1[2H].[2H]c1c([2H])c([2H])c2c([2H])c(C)c([2H])c([2H])c2c1[2H]. The lowest BCUT2D eigenvalue weighted by Gasteiger charge is -2.09. The van der Waals surface area contributed by atoms with Gasteiger partial charge in [-0.15, -0.1) is 0 Å². The van der Waals surface area contributed by atoms with Gasteiger partial charge in [-0.2, -0.15) is 0 Å². The molecular weight excluding hydrogens is 955 g/mol. The van der Waals surface area contributed by atoms with Crippen LogP contribution in [0.4, 0.5) is 0 Å². The standard InChI is InChI=1S/2C19H16.C16H13N3.2C11H10/c1-15-12-18(16-8-4-2-5-9-16)14-19(13-15)17-10-6-3-7-11-17;1-15-12-13-18(16-8-4-2-5-9-16)14-19(15)17-10-6-3-7-11-17;1-12-17-15(13-8-4-2-5-9-13)19-16(18-12)14-10-6-3-7-11-14;1-9-5-4-7-10-6-2-3-8-11(9)10;1-9-6-7-10-4-2-3-5-11(10)8-9/h2*2-14H,1H3;2-11H,1H3;2*2-8H,1H3/i2*2D,3D,4D,5D,6D,7D,8D,9D,10D,11D,12D,13D,14D;2D,3D,4D,5D,6D,7D,8D,9D,10D,11D;2*2D,3D,4D,5D,6D,7D,8D. The predicted molar refractivity (Wildman–Crippen MR) is 337 cm³/mol. The molecule has 0 radical (unpaired) electrons.